The molecule has 1 saturated heterocycles. The average Bonchev–Trinajstić information content (AvgIpc) is 3.09. The molecule has 0 aliphatic carbocycles. The topological polar surface area (TPSA) is 66.0 Å². The van der Waals surface area contributed by atoms with Crippen LogP contribution < -0.4 is 10.6 Å². The number of rotatable bonds is 10. The van der Waals surface area contributed by atoms with Crippen LogP contribution in [0.3, 0.4) is 0 Å². The Hall–Kier alpha value is -0.570. The van der Waals surface area contributed by atoms with E-state index in [9.17, 15) is 4.79 Å². The van der Waals surface area contributed by atoms with Crippen molar-refractivity contribution >= 4 is 35.8 Å². The quantitative estimate of drug-likeness (QED) is 0.294. The van der Waals surface area contributed by atoms with Gasteiger partial charge < -0.3 is 20.3 Å². The molecule has 0 bridgehead atoms. The SMILES string of the molecule is CCCCC(CC)CNC(=NCC(=O)N(C)C)NCC1CCCO1.I. The Bertz CT molecular complexity index is 385. The Balaban J connectivity index is 0.00000576. The third kappa shape index (κ3) is 10.9. The van der Waals surface area contributed by atoms with Crippen LogP contribution in [0.4, 0.5) is 0 Å². The number of aliphatic imine (C=N–C) groups is 1. The lowest BCUT2D eigenvalue weighted by atomic mass is 9.99. The van der Waals surface area contributed by atoms with E-state index in [4.69, 9.17) is 4.74 Å². The van der Waals surface area contributed by atoms with E-state index in [2.05, 4.69) is 29.5 Å². The van der Waals surface area contributed by atoms with E-state index < -0.39 is 0 Å². The largest absolute Gasteiger partial charge is 0.376 e. The number of carbonyl (C=O) groups is 1. The highest BCUT2D eigenvalue weighted by molar-refractivity contribution is 14.0. The maximum absolute atomic E-state index is 11.8. The van der Waals surface area contributed by atoms with Crippen LogP contribution in [0.15, 0.2) is 4.99 Å². The number of halogens is 1. The van der Waals surface area contributed by atoms with Crippen molar-refractivity contribution in [2.75, 3.05) is 40.3 Å². The second kappa shape index (κ2) is 14.6. The lowest BCUT2D eigenvalue weighted by Crippen LogP contribution is -2.43. The minimum Gasteiger partial charge on any atom is -0.376 e. The van der Waals surface area contributed by atoms with E-state index in [0.717, 1.165) is 44.9 Å². The fourth-order valence-electron chi connectivity index (χ4n) is 2.66. The van der Waals surface area contributed by atoms with Crippen LogP contribution in [0.25, 0.3) is 0 Å². The number of amides is 1. The molecule has 1 rings (SSSR count). The number of likely N-dealkylation sites (N-methyl/N-ethyl adjacent to an activating group) is 1. The van der Waals surface area contributed by atoms with E-state index in [1.807, 2.05) is 0 Å². The molecule has 2 atom stereocenters. The molecule has 1 aliphatic rings. The molecule has 0 saturated carbocycles. The number of hydrogen-bond acceptors (Lipinski definition) is 3. The Labute approximate surface area is 170 Å². The zero-order valence-corrected chi connectivity index (χ0v) is 18.7. The molecule has 2 unspecified atom stereocenters. The summed E-state index contributed by atoms with van der Waals surface area (Å²) in [7, 11) is 3.51. The Morgan fingerprint density at radius 3 is 2.64 bits per heavy atom. The highest BCUT2D eigenvalue weighted by Crippen LogP contribution is 2.12. The minimum absolute atomic E-state index is 0. The second-order valence-corrected chi connectivity index (χ2v) is 6.77. The predicted molar refractivity (Wildman–Crippen MR) is 115 cm³/mol. The van der Waals surface area contributed by atoms with Gasteiger partial charge >= 0.3 is 0 Å². The normalized spacial score (nSPS) is 18.4. The molecule has 0 aromatic rings. The van der Waals surface area contributed by atoms with Crippen LogP contribution >= 0.6 is 24.0 Å². The van der Waals surface area contributed by atoms with Gasteiger partial charge in [0.25, 0.3) is 0 Å². The summed E-state index contributed by atoms with van der Waals surface area (Å²) >= 11 is 0. The van der Waals surface area contributed by atoms with Crippen LogP contribution in [0.1, 0.15) is 52.4 Å². The summed E-state index contributed by atoms with van der Waals surface area (Å²) < 4.78 is 5.65. The van der Waals surface area contributed by atoms with Crippen molar-refractivity contribution in [1.29, 1.82) is 0 Å². The maximum Gasteiger partial charge on any atom is 0.243 e. The van der Waals surface area contributed by atoms with Crippen molar-refractivity contribution in [3.63, 3.8) is 0 Å². The van der Waals surface area contributed by atoms with Crippen molar-refractivity contribution < 1.29 is 9.53 Å². The van der Waals surface area contributed by atoms with Crippen molar-refractivity contribution in [2.24, 2.45) is 10.9 Å². The van der Waals surface area contributed by atoms with Gasteiger partial charge in [-0.15, -0.1) is 24.0 Å². The number of nitrogens with zero attached hydrogens (tertiary/aromatic N) is 2. The summed E-state index contributed by atoms with van der Waals surface area (Å²) in [6.07, 6.45) is 7.34. The first-order chi connectivity index (χ1) is 11.6. The molecular weight excluding hydrogens is 431 g/mol. The third-order valence-corrected chi connectivity index (χ3v) is 4.49. The van der Waals surface area contributed by atoms with Gasteiger partial charge in [-0.25, -0.2) is 4.99 Å². The second-order valence-electron chi connectivity index (χ2n) is 6.77. The molecule has 1 heterocycles. The van der Waals surface area contributed by atoms with Gasteiger partial charge in [-0.2, -0.15) is 0 Å². The minimum atomic E-state index is 0. The molecule has 6 nitrogen and oxygen atoms in total. The monoisotopic (exact) mass is 468 g/mol. The van der Waals surface area contributed by atoms with Gasteiger partial charge in [0, 0.05) is 33.8 Å². The van der Waals surface area contributed by atoms with Gasteiger partial charge in [0.1, 0.15) is 6.54 Å². The summed E-state index contributed by atoms with van der Waals surface area (Å²) in [6, 6.07) is 0. The fraction of sp³-hybridized carbons (Fsp3) is 0.889. The molecule has 25 heavy (non-hydrogen) atoms. The zero-order chi connectivity index (χ0) is 17.8. The molecule has 0 spiro atoms. The number of nitrogens with one attached hydrogen (secondary N) is 2. The van der Waals surface area contributed by atoms with Gasteiger partial charge in [0.15, 0.2) is 5.96 Å². The first-order valence-corrected chi connectivity index (χ1v) is 9.40. The van der Waals surface area contributed by atoms with Crippen LogP contribution in [0.5, 0.6) is 0 Å². The van der Waals surface area contributed by atoms with Crippen molar-refractivity contribution in [1.82, 2.24) is 15.5 Å². The lowest BCUT2D eigenvalue weighted by molar-refractivity contribution is -0.127. The maximum atomic E-state index is 11.8. The smallest absolute Gasteiger partial charge is 0.243 e. The number of ether oxygens (including phenoxy) is 1. The summed E-state index contributed by atoms with van der Waals surface area (Å²) in [5.41, 5.74) is 0. The molecule has 2 N–H and O–H groups in total. The van der Waals surface area contributed by atoms with Gasteiger partial charge in [0.05, 0.1) is 6.10 Å². The number of guanidine groups is 1. The van der Waals surface area contributed by atoms with Crippen molar-refractivity contribution in [3.05, 3.63) is 0 Å². The summed E-state index contributed by atoms with van der Waals surface area (Å²) in [4.78, 5) is 17.8. The molecule has 0 aromatic carbocycles. The zero-order valence-electron chi connectivity index (χ0n) is 16.3. The third-order valence-electron chi connectivity index (χ3n) is 4.49. The van der Waals surface area contributed by atoms with Crippen LogP contribution in [-0.2, 0) is 9.53 Å². The number of unbranched alkanes of at least 4 members (excludes halogenated alkanes) is 1. The van der Waals surface area contributed by atoms with E-state index >= 15 is 0 Å². The lowest BCUT2D eigenvalue weighted by Gasteiger charge is -2.20. The first kappa shape index (κ1) is 24.4. The molecule has 1 fully saturated rings. The fourth-order valence-corrected chi connectivity index (χ4v) is 2.66. The first-order valence-electron chi connectivity index (χ1n) is 9.40. The van der Waals surface area contributed by atoms with E-state index in [1.165, 1.54) is 19.3 Å². The Morgan fingerprint density at radius 1 is 1.32 bits per heavy atom. The van der Waals surface area contributed by atoms with Crippen molar-refractivity contribution in [2.45, 2.75) is 58.5 Å². The summed E-state index contributed by atoms with van der Waals surface area (Å²) in [5, 5.41) is 6.75. The average molecular weight is 468 g/mol. The van der Waals surface area contributed by atoms with E-state index in [0.29, 0.717) is 5.92 Å². The molecule has 0 aromatic heterocycles. The van der Waals surface area contributed by atoms with Gasteiger partial charge in [0.2, 0.25) is 5.91 Å². The van der Waals surface area contributed by atoms with E-state index in [1.54, 1.807) is 19.0 Å². The Morgan fingerprint density at radius 2 is 2.08 bits per heavy atom. The molecule has 1 aliphatic heterocycles. The van der Waals surface area contributed by atoms with Crippen LogP contribution in [0.2, 0.25) is 0 Å². The van der Waals surface area contributed by atoms with Crippen molar-refractivity contribution in [3.8, 4) is 0 Å². The van der Waals surface area contributed by atoms with Crippen LogP contribution in [0, 0.1) is 5.92 Å². The van der Waals surface area contributed by atoms with Crippen LogP contribution in [-0.4, -0.2) is 63.2 Å². The highest BCUT2D eigenvalue weighted by Gasteiger charge is 2.16. The molecular formula is C18H37IN4O2. The summed E-state index contributed by atoms with van der Waals surface area (Å²) in [5.74, 6) is 1.37. The standard InChI is InChI=1S/C18H36N4O2.HI/c1-5-7-9-15(6-2)12-19-18(21-14-17(23)22(3)4)20-13-16-10-8-11-24-16;/h15-16H,5-14H2,1-4H3,(H2,19,20,21);1H. The predicted octanol–water partition coefficient (Wildman–Crippen LogP) is 2.62. The Kier molecular flexibility index (Phi) is 14.3. The molecule has 0 radical (unpaired) electrons. The van der Waals surface area contributed by atoms with Gasteiger partial charge in [-0.3, -0.25) is 4.79 Å². The van der Waals surface area contributed by atoms with Gasteiger partial charge in [-0.05, 0) is 25.2 Å². The van der Waals surface area contributed by atoms with Gasteiger partial charge in [-0.1, -0.05) is 33.1 Å². The summed E-state index contributed by atoms with van der Waals surface area (Å²) in [6.45, 7) is 7.11. The number of hydrogen-bond donors (Lipinski definition) is 2. The molecule has 1 amide bonds. The number of carbonyl (C=O) groups excluding carboxylic acids is 1. The molecule has 7 heteroatoms. The highest BCUT2D eigenvalue weighted by atomic mass is 127. The van der Waals surface area contributed by atoms with E-state index in [-0.39, 0.29) is 42.5 Å². The molecule has 148 valence electrons.